The molecule has 2 aromatic rings. The normalized spacial score (nSPS) is 12.3. The summed E-state index contributed by atoms with van der Waals surface area (Å²) >= 11 is 5.78. The number of nitrogens with one attached hydrogen (secondary N) is 3. The van der Waals surface area contributed by atoms with Gasteiger partial charge in [0, 0.05) is 12.6 Å². The van der Waals surface area contributed by atoms with Crippen molar-refractivity contribution in [1.29, 1.82) is 0 Å². The van der Waals surface area contributed by atoms with E-state index >= 15 is 0 Å². The summed E-state index contributed by atoms with van der Waals surface area (Å²) in [4.78, 5) is 13.2. The van der Waals surface area contributed by atoms with Gasteiger partial charge in [-0.2, -0.15) is 12.6 Å². The fraction of sp³-hybridized carbons (Fsp3) is 0.435. The maximum Gasteiger partial charge on any atom is 0.237 e. The van der Waals surface area contributed by atoms with E-state index in [4.69, 9.17) is 0 Å². The zero-order chi connectivity index (χ0) is 20.9. The van der Waals surface area contributed by atoms with Crippen molar-refractivity contribution in [2.24, 2.45) is 0 Å². The van der Waals surface area contributed by atoms with Gasteiger partial charge in [0.2, 0.25) is 5.91 Å². The molecule has 0 fully saturated rings. The molecule has 0 aliphatic rings. The standard InChI is InChI=1S/C23H33N3OS2/c1-18(2)25-21(15-9-10-16-24-29-17-28)23(27)26-22(19-11-5-3-6-12-19)20-13-7-4-8-14-20/h3-8,11-14,18,21-22,24-25,28H,9-10,15-17H2,1-2H3,(H,26,27). The van der Waals surface area contributed by atoms with E-state index in [1.165, 1.54) is 0 Å². The predicted molar refractivity (Wildman–Crippen MR) is 128 cm³/mol. The molecule has 2 rings (SSSR count). The van der Waals surface area contributed by atoms with Crippen LogP contribution < -0.4 is 15.4 Å². The first kappa shape index (κ1) is 23.8. The Morgan fingerprint density at radius 3 is 2.07 bits per heavy atom. The highest BCUT2D eigenvalue weighted by molar-refractivity contribution is 8.08. The van der Waals surface area contributed by atoms with Crippen molar-refractivity contribution in [2.45, 2.75) is 51.2 Å². The lowest BCUT2D eigenvalue weighted by atomic mass is 9.97. The van der Waals surface area contributed by atoms with E-state index in [0.29, 0.717) is 0 Å². The third kappa shape index (κ3) is 8.83. The molecule has 6 heteroatoms. The third-order valence-electron chi connectivity index (χ3n) is 4.59. The van der Waals surface area contributed by atoms with Gasteiger partial charge in [0.25, 0.3) is 0 Å². The van der Waals surface area contributed by atoms with Crippen molar-refractivity contribution in [3.63, 3.8) is 0 Å². The van der Waals surface area contributed by atoms with Gasteiger partial charge in [0.05, 0.1) is 17.2 Å². The Hall–Kier alpha value is -1.47. The average molecular weight is 432 g/mol. The second kappa shape index (κ2) is 13.7. The van der Waals surface area contributed by atoms with E-state index in [0.717, 1.165) is 42.0 Å². The fourth-order valence-corrected chi connectivity index (χ4v) is 3.90. The lowest BCUT2D eigenvalue weighted by Gasteiger charge is -2.25. The van der Waals surface area contributed by atoms with Gasteiger partial charge in [0.1, 0.15) is 0 Å². The quantitative estimate of drug-likeness (QED) is 0.163. The van der Waals surface area contributed by atoms with Crippen LogP contribution in [0.15, 0.2) is 60.7 Å². The van der Waals surface area contributed by atoms with Gasteiger partial charge in [-0.1, -0.05) is 92.9 Å². The molecule has 0 saturated carbocycles. The van der Waals surface area contributed by atoms with E-state index < -0.39 is 0 Å². The minimum Gasteiger partial charge on any atom is -0.344 e. The number of hydrogen-bond acceptors (Lipinski definition) is 5. The van der Waals surface area contributed by atoms with Crippen LogP contribution >= 0.6 is 24.6 Å². The zero-order valence-electron chi connectivity index (χ0n) is 17.3. The summed E-state index contributed by atoms with van der Waals surface area (Å²) in [6, 6.07) is 20.2. The smallest absolute Gasteiger partial charge is 0.237 e. The Bertz CT molecular complexity index is 658. The second-order valence-corrected chi connectivity index (χ2v) is 8.91. The fourth-order valence-electron chi connectivity index (χ4n) is 3.25. The molecule has 1 unspecified atom stereocenters. The Morgan fingerprint density at radius 1 is 0.966 bits per heavy atom. The molecule has 0 aliphatic heterocycles. The molecule has 29 heavy (non-hydrogen) atoms. The van der Waals surface area contributed by atoms with Crippen molar-refractivity contribution < 1.29 is 4.79 Å². The van der Waals surface area contributed by atoms with Crippen LogP contribution in [0, 0.1) is 0 Å². The number of thiol groups is 1. The minimum atomic E-state index is -0.206. The van der Waals surface area contributed by atoms with Gasteiger partial charge in [-0.15, -0.1) is 0 Å². The Labute approximate surface area is 185 Å². The van der Waals surface area contributed by atoms with Crippen LogP contribution in [0.5, 0.6) is 0 Å². The zero-order valence-corrected chi connectivity index (χ0v) is 19.0. The molecule has 0 saturated heterocycles. The molecule has 0 aliphatic carbocycles. The van der Waals surface area contributed by atoms with E-state index in [2.05, 4.69) is 66.1 Å². The van der Waals surface area contributed by atoms with Crippen LogP contribution in [0.3, 0.4) is 0 Å². The number of rotatable bonds is 13. The summed E-state index contributed by atoms with van der Waals surface area (Å²) in [6.07, 6.45) is 2.83. The topological polar surface area (TPSA) is 53.2 Å². The summed E-state index contributed by atoms with van der Waals surface area (Å²) in [7, 11) is 0. The number of hydrogen-bond donors (Lipinski definition) is 4. The molecule has 0 heterocycles. The first-order valence-electron chi connectivity index (χ1n) is 10.2. The van der Waals surface area contributed by atoms with E-state index in [9.17, 15) is 4.79 Å². The molecule has 1 atom stereocenters. The molecule has 1 amide bonds. The molecular weight excluding hydrogens is 398 g/mol. The highest BCUT2D eigenvalue weighted by atomic mass is 32.2. The van der Waals surface area contributed by atoms with Gasteiger partial charge in [-0.05, 0) is 24.0 Å². The third-order valence-corrected chi connectivity index (χ3v) is 5.52. The van der Waals surface area contributed by atoms with Crippen LogP contribution in [-0.4, -0.2) is 29.6 Å². The average Bonchev–Trinajstić information content (AvgIpc) is 2.74. The van der Waals surface area contributed by atoms with E-state index in [1.54, 1.807) is 11.9 Å². The molecule has 0 radical (unpaired) electrons. The number of amides is 1. The molecular formula is C23H33N3OS2. The number of carbonyl (C=O) groups is 1. The molecule has 3 N–H and O–H groups in total. The molecule has 158 valence electrons. The summed E-state index contributed by atoms with van der Waals surface area (Å²) in [5, 5.41) is 7.49. The largest absolute Gasteiger partial charge is 0.344 e. The second-order valence-electron chi connectivity index (χ2n) is 7.30. The Morgan fingerprint density at radius 2 is 1.55 bits per heavy atom. The highest BCUT2D eigenvalue weighted by Crippen LogP contribution is 2.22. The van der Waals surface area contributed by atoms with Gasteiger partial charge in [0.15, 0.2) is 0 Å². The van der Waals surface area contributed by atoms with Gasteiger partial charge in [-0.3, -0.25) is 9.52 Å². The van der Waals surface area contributed by atoms with Gasteiger partial charge >= 0.3 is 0 Å². The van der Waals surface area contributed by atoms with Crippen molar-refractivity contribution in [3.8, 4) is 0 Å². The maximum absolute atomic E-state index is 13.2. The van der Waals surface area contributed by atoms with Crippen molar-refractivity contribution >= 4 is 30.5 Å². The van der Waals surface area contributed by atoms with Crippen molar-refractivity contribution in [1.82, 2.24) is 15.4 Å². The van der Waals surface area contributed by atoms with Crippen LogP contribution in [0.1, 0.15) is 50.3 Å². The van der Waals surface area contributed by atoms with Gasteiger partial charge in [-0.25, -0.2) is 0 Å². The molecule has 0 bridgehead atoms. The first-order valence-corrected chi connectivity index (χ1v) is 11.9. The summed E-state index contributed by atoms with van der Waals surface area (Å²) < 4.78 is 3.27. The minimum absolute atomic E-state index is 0.0501. The predicted octanol–water partition coefficient (Wildman–Crippen LogP) is 4.55. The highest BCUT2D eigenvalue weighted by Gasteiger charge is 2.23. The van der Waals surface area contributed by atoms with Gasteiger partial charge < -0.3 is 10.6 Å². The molecule has 0 aromatic heterocycles. The van der Waals surface area contributed by atoms with Crippen molar-refractivity contribution in [2.75, 3.05) is 11.6 Å². The van der Waals surface area contributed by atoms with Crippen LogP contribution in [0.25, 0.3) is 0 Å². The van der Waals surface area contributed by atoms with E-state index in [1.807, 2.05) is 36.4 Å². The monoisotopic (exact) mass is 431 g/mol. The SMILES string of the molecule is CC(C)NC(CCCCNSCS)C(=O)NC(c1ccccc1)c1ccccc1. The first-order chi connectivity index (χ1) is 14.1. The summed E-state index contributed by atoms with van der Waals surface area (Å²) in [5.74, 6) is 0.0501. The maximum atomic E-state index is 13.2. The summed E-state index contributed by atoms with van der Waals surface area (Å²) in [5.41, 5.74) is 2.17. The lowest BCUT2D eigenvalue weighted by Crippen LogP contribution is -2.48. The van der Waals surface area contributed by atoms with Crippen LogP contribution in [0.4, 0.5) is 0 Å². The number of benzene rings is 2. The molecule has 0 spiro atoms. The number of unbranched alkanes of at least 4 members (excludes halogenated alkanes) is 1. The van der Waals surface area contributed by atoms with Crippen LogP contribution in [-0.2, 0) is 4.79 Å². The lowest BCUT2D eigenvalue weighted by molar-refractivity contribution is -0.124. The Balaban J connectivity index is 2.05. The summed E-state index contributed by atoms with van der Waals surface area (Å²) in [6.45, 7) is 5.09. The molecule has 4 nitrogen and oxygen atoms in total. The Kier molecular flexibility index (Phi) is 11.2. The van der Waals surface area contributed by atoms with Crippen LogP contribution in [0.2, 0.25) is 0 Å². The van der Waals surface area contributed by atoms with Crippen molar-refractivity contribution in [3.05, 3.63) is 71.8 Å². The number of carbonyl (C=O) groups excluding carboxylic acids is 1. The molecule has 2 aromatic carbocycles. The van der Waals surface area contributed by atoms with E-state index in [-0.39, 0.29) is 24.0 Å².